The first-order valence-corrected chi connectivity index (χ1v) is 14.0. The highest BCUT2D eigenvalue weighted by Gasteiger charge is 2.20. The molecule has 4 aromatic carbocycles. The van der Waals surface area contributed by atoms with Gasteiger partial charge in [0.05, 0.1) is 41.8 Å². The molecule has 0 aliphatic rings. The monoisotopic (exact) mass is 583 g/mol. The number of halogens is 1. The van der Waals surface area contributed by atoms with Crippen molar-refractivity contribution in [2.45, 2.75) is 16.8 Å². The molecule has 6 nitrogen and oxygen atoms in total. The number of pyridine rings is 1. The molecule has 0 aliphatic heterocycles. The van der Waals surface area contributed by atoms with Crippen molar-refractivity contribution in [3.63, 3.8) is 0 Å². The summed E-state index contributed by atoms with van der Waals surface area (Å²) >= 11 is 7.70. The number of nitrogens with zero attached hydrogens (tertiary/aromatic N) is 1. The van der Waals surface area contributed by atoms with Crippen LogP contribution in [-0.2, 0) is 16.1 Å². The van der Waals surface area contributed by atoms with Crippen LogP contribution in [-0.4, -0.2) is 31.1 Å². The van der Waals surface area contributed by atoms with Gasteiger partial charge in [0.2, 0.25) is 0 Å². The summed E-state index contributed by atoms with van der Waals surface area (Å²) in [6.07, 6.45) is 0. The fourth-order valence-electron chi connectivity index (χ4n) is 4.36. The van der Waals surface area contributed by atoms with Gasteiger partial charge in [-0.25, -0.2) is 14.6 Å². The maximum Gasteiger partial charge on any atom is 0.337 e. The number of esters is 2. The molecule has 0 spiro atoms. The van der Waals surface area contributed by atoms with Gasteiger partial charge in [-0.1, -0.05) is 54.1 Å². The van der Waals surface area contributed by atoms with Gasteiger partial charge in [-0.15, -0.1) is 11.8 Å². The van der Waals surface area contributed by atoms with Crippen LogP contribution < -0.4 is 4.74 Å². The zero-order valence-electron chi connectivity index (χ0n) is 22.4. The van der Waals surface area contributed by atoms with E-state index in [-0.39, 0.29) is 11.9 Å². The highest BCUT2D eigenvalue weighted by Crippen LogP contribution is 2.42. The van der Waals surface area contributed by atoms with Crippen LogP contribution >= 0.6 is 23.4 Å². The lowest BCUT2D eigenvalue weighted by Crippen LogP contribution is -2.05. The third-order valence-corrected chi connectivity index (χ3v) is 7.92. The van der Waals surface area contributed by atoms with Crippen molar-refractivity contribution < 1.29 is 23.8 Å². The van der Waals surface area contributed by atoms with Gasteiger partial charge >= 0.3 is 11.9 Å². The van der Waals surface area contributed by atoms with Crippen LogP contribution in [0.5, 0.6) is 5.75 Å². The van der Waals surface area contributed by atoms with Crippen molar-refractivity contribution in [1.29, 1.82) is 0 Å². The minimum Gasteiger partial charge on any atom is -0.487 e. The molecule has 206 valence electrons. The SMILES string of the molecule is COC(=O)c1cccc(SC(c2cccc(OCc3ccc4ccc(Cl)cc4n3)c2)c2cccc(C(=O)OC)c2)c1. The first-order valence-electron chi connectivity index (χ1n) is 12.7. The minimum absolute atomic E-state index is 0.225. The fraction of sp³-hybridized carbons (Fsp3) is 0.121. The predicted molar refractivity (Wildman–Crippen MR) is 161 cm³/mol. The fourth-order valence-corrected chi connectivity index (χ4v) is 5.72. The zero-order chi connectivity index (χ0) is 28.8. The Morgan fingerprint density at radius 1 is 0.780 bits per heavy atom. The van der Waals surface area contributed by atoms with Crippen LogP contribution in [0.1, 0.15) is 42.8 Å². The molecule has 0 amide bonds. The largest absolute Gasteiger partial charge is 0.487 e. The third kappa shape index (κ3) is 6.88. The molecule has 0 aliphatic carbocycles. The molecule has 1 atom stereocenters. The summed E-state index contributed by atoms with van der Waals surface area (Å²) < 4.78 is 16.0. The summed E-state index contributed by atoms with van der Waals surface area (Å²) in [6, 6.07) is 32.0. The second kappa shape index (κ2) is 12.9. The lowest BCUT2D eigenvalue weighted by atomic mass is 10.0. The maximum atomic E-state index is 12.3. The molecular weight excluding hydrogens is 558 g/mol. The highest BCUT2D eigenvalue weighted by molar-refractivity contribution is 7.99. The number of thioether (sulfide) groups is 1. The van der Waals surface area contributed by atoms with E-state index in [4.69, 9.17) is 25.8 Å². The van der Waals surface area contributed by atoms with E-state index in [2.05, 4.69) is 4.98 Å². The molecule has 0 fully saturated rings. The third-order valence-electron chi connectivity index (χ3n) is 6.38. The second-order valence-corrected chi connectivity index (χ2v) is 10.8. The number of aromatic nitrogens is 1. The van der Waals surface area contributed by atoms with Gasteiger partial charge in [0, 0.05) is 15.3 Å². The number of carbonyl (C=O) groups excluding carboxylic acids is 2. The Labute approximate surface area is 247 Å². The Morgan fingerprint density at radius 3 is 2.20 bits per heavy atom. The van der Waals surface area contributed by atoms with Crippen LogP contribution in [0.15, 0.2) is 108 Å². The van der Waals surface area contributed by atoms with E-state index in [9.17, 15) is 9.59 Å². The minimum atomic E-state index is -0.412. The van der Waals surface area contributed by atoms with E-state index in [1.807, 2.05) is 84.9 Å². The summed E-state index contributed by atoms with van der Waals surface area (Å²) in [5.41, 5.74) is 4.35. The van der Waals surface area contributed by atoms with E-state index in [0.717, 1.165) is 32.6 Å². The second-order valence-electron chi connectivity index (χ2n) is 9.14. The van der Waals surface area contributed by atoms with Crippen molar-refractivity contribution in [3.8, 4) is 5.75 Å². The van der Waals surface area contributed by atoms with Crippen molar-refractivity contribution in [2.24, 2.45) is 0 Å². The predicted octanol–water partition coefficient (Wildman–Crippen LogP) is 7.92. The first-order chi connectivity index (χ1) is 19.9. The number of rotatable bonds is 9. The molecule has 1 aromatic heterocycles. The average molecular weight is 584 g/mol. The zero-order valence-corrected chi connectivity index (χ0v) is 23.9. The Hall–Kier alpha value is -4.33. The molecule has 41 heavy (non-hydrogen) atoms. The first kappa shape index (κ1) is 28.2. The number of hydrogen-bond acceptors (Lipinski definition) is 7. The van der Waals surface area contributed by atoms with Crippen LogP contribution in [0.4, 0.5) is 0 Å². The van der Waals surface area contributed by atoms with E-state index in [1.54, 1.807) is 30.0 Å². The van der Waals surface area contributed by atoms with Gasteiger partial charge in [-0.2, -0.15) is 0 Å². The van der Waals surface area contributed by atoms with Gasteiger partial charge in [-0.3, -0.25) is 0 Å². The lowest BCUT2D eigenvalue weighted by Gasteiger charge is -2.20. The van der Waals surface area contributed by atoms with Crippen LogP contribution in [0.2, 0.25) is 5.02 Å². The van der Waals surface area contributed by atoms with Crippen molar-refractivity contribution in [1.82, 2.24) is 4.98 Å². The topological polar surface area (TPSA) is 74.7 Å². The molecule has 5 aromatic rings. The molecule has 0 radical (unpaired) electrons. The van der Waals surface area contributed by atoms with Crippen molar-refractivity contribution >= 4 is 46.2 Å². The standard InChI is InChI=1S/C33H26ClNO5S/c1-38-32(36)24-8-3-6-22(16-24)31(41-29-11-5-9-25(18-29)33(37)39-2)23-7-4-10-28(17-23)40-20-27-15-13-21-12-14-26(34)19-30(21)35-27/h3-19,31H,20H2,1-2H3. The summed E-state index contributed by atoms with van der Waals surface area (Å²) in [5, 5.41) is 1.41. The van der Waals surface area contributed by atoms with E-state index >= 15 is 0 Å². The number of carbonyl (C=O) groups is 2. The Kier molecular flexibility index (Phi) is 8.87. The highest BCUT2D eigenvalue weighted by atomic mass is 35.5. The Morgan fingerprint density at radius 2 is 1.44 bits per heavy atom. The molecule has 1 unspecified atom stereocenters. The summed E-state index contributed by atoms with van der Waals surface area (Å²) in [4.78, 5) is 30.0. The molecule has 1 heterocycles. The molecule has 0 N–H and O–H groups in total. The molecule has 0 bridgehead atoms. The smallest absolute Gasteiger partial charge is 0.337 e. The van der Waals surface area contributed by atoms with Crippen LogP contribution in [0, 0.1) is 0 Å². The summed E-state index contributed by atoms with van der Waals surface area (Å²) in [5.74, 6) is -0.144. The number of benzene rings is 4. The molecule has 5 rings (SSSR count). The van der Waals surface area contributed by atoms with Crippen molar-refractivity contribution in [2.75, 3.05) is 14.2 Å². The van der Waals surface area contributed by atoms with Gasteiger partial charge in [0.1, 0.15) is 12.4 Å². The maximum absolute atomic E-state index is 12.3. The van der Waals surface area contributed by atoms with E-state index in [1.165, 1.54) is 14.2 Å². The molecular formula is C33H26ClNO5S. The van der Waals surface area contributed by atoms with Crippen molar-refractivity contribution in [3.05, 3.63) is 136 Å². The van der Waals surface area contributed by atoms with Gasteiger partial charge in [0.15, 0.2) is 0 Å². The number of hydrogen-bond donors (Lipinski definition) is 0. The van der Waals surface area contributed by atoms with Crippen LogP contribution in [0.25, 0.3) is 10.9 Å². The molecule has 0 saturated carbocycles. The molecule has 0 saturated heterocycles. The average Bonchev–Trinajstić information content (AvgIpc) is 3.02. The van der Waals surface area contributed by atoms with E-state index in [0.29, 0.717) is 21.9 Å². The summed E-state index contributed by atoms with van der Waals surface area (Å²) in [7, 11) is 2.72. The Bertz CT molecular complexity index is 1720. The van der Waals surface area contributed by atoms with Gasteiger partial charge in [-0.05, 0) is 71.8 Å². The van der Waals surface area contributed by atoms with Gasteiger partial charge < -0.3 is 14.2 Å². The quantitative estimate of drug-likeness (QED) is 0.129. The van der Waals surface area contributed by atoms with E-state index < -0.39 is 11.9 Å². The summed E-state index contributed by atoms with van der Waals surface area (Å²) in [6.45, 7) is 0.280. The van der Waals surface area contributed by atoms with Gasteiger partial charge in [0.25, 0.3) is 0 Å². The Balaban J connectivity index is 1.45. The number of methoxy groups -OCH3 is 2. The van der Waals surface area contributed by atoms with Crippen LogP contribution in [0.3, 0.4) is 0 Å². The number of ether oxygens (including phenoxy) is 3. The lowest BCUT2D eigenvalue weighted by molar-refractivity contribution is 0.0591. The molecule has 8 heteroatoms. The normalized spacial score (nSPS) is 11.6. The number of fused-ring (bicyclic) bond motifs is 1.